The Morgan fingerprint density at radius 3 is 2.93 bits per heavy atom. The Hall–Kier alpha value is -2.57. The Balaban J connectivity index is 1.63. The van der Waals surface area contributed by atoms with Gasteiger partial charge in [-0.05, 0) is 18.3 Å². The average molecular weight is 370 g/mol. The van der Waals surface area contributed by atoms with Gasteiger partial charge in [-0.15, -0.1) is 0 Å². The van der Waals surface area contributed by atoms with Crippen molar-refractivity contribution in [3.05, 3.63) is 34.6 Å². The van der Waals surface area contributed by atoms with Crippen LogP contribution in [0.3, 0.4) is 0 Å². The third kappa shape index (κ3) is 3.05. The molecule has 0 radical (unpaired) electrons. The number of nitrogens with one attached hydrogen (secondary N) is 1. The largest absolute Gasteiger partial charge is 0.463 e. The Bertz CT molecular complexity index is 1040. The van der Waals surface area contributed by atoms with E-state index in [0.717, 1.165) is 24.2 Å². The first-order chi connectivity index (χ1) is 13.0. The summed E-state index contributed by atoms with van der Waals surface area (Å²) in [5.74, 6) is 1.62. The van der Waals surface area contributed by atoms with E-state index in [4.69, 9.17) is 4.42 Å². The zero-order valence-electron chi connectivity index (χ0n) is 16.1. The first-order valence-corrected chi connectivity index (χ1v) is 9.77. The summed E-state index contributed by atoms with van der Waals surface area (Å²) in [4.78, 5) is 25.5. The van der Waals surface area contributed by atoms with E-state index < -0.39 is 0 Å². The van der Waals surface area contributed by atoms with Gasteiger partial charge >= 0.3 is 0 Å². The molecule has 7 heteroatoms. The maximum absolute atomic E-state index is 12.9. The van der Waals surface area contributed by atoms with Crippen LogP contribution < -0.4 is 10.9 Å². The van der Waals surface area contributed by atoms with Crippen molar-refractivity contribution < 1.29 is 9.21 Å². The number of carbonyl (C=O) groups excluding carboxylic acids is 1. The fourth-order valence-electron chi connectivity index (χ4n) is 4.23. The minimum Gasteiger partial charge on any atom is -0.463 e. The van der Waals surface area contributed by atoms with Crippen molar-refractivity contribution in [2.75, 3.05) is 0 Å². The van der Waals surface area contributed by atoms with E-state index in [1.807, 2.05) is 17.4 Å². The fourth-order valence-corrected chi connectivity index (χ4v) is 4.23. The molecule has 1 fully saturated rings. The smallest absolute Gasteiger partial charge is 0.291 e. The second-order valence-electron chi connectivity index (χ2n) is 7.71. The minimum absolute atomic E-state index is 0.0630. The molecule has 0 aromatic carbocycles. The van der Waals surface area contributed by atoms with Crippen LogP contribution in [0.25, 0.3) is 16.6 Å². The number of fused-ring (bicyclic) bond motifs is 3. The van der Waals surface area contributed by atoms with Crippen LogP contribution in [-0.4, -0.2) is 26.1 Å². The van der Waals surface area contributed by atoms with Crippen LogP contribution in [0.15, 0.2) is 27.6 Å². The van der Waals surface area contributed by atoms with Gasteiger partial charge in [0.2, 0.25) is 5.91 Å². The summed E-state index contributed by atoms with van der Waals surface area (Å²) < 4.78 is 8.52. The highest BCUT2D eigenvalue weighted by molar-refractivity contribution is 5.82. The molecule has 1 N–H and O–H groups in total. The Morgan fingerprint density at radius 2 is 2.15 bits per heavy atom. The van der Waals surface area contributed by atoms with Crippen molar-refractivity contribution in [1.82, 2.24) is 19.5 Å². The quantitative estimate of drug-likeness (QED) is 0.766. The average Bonchev–Trinajstić information content (AvgIpc) is 3.23. The van der Waals surface area contributed by atoms with Crippen LogP contribution in [0.5, 0.6) is 0 Å². The van der Waals surface area contributed by atoms with Gasteiger partial charge in [0.1, 0.15) is 17.9 Å². The number of nitrogens with zero attached hydrogens (tertiary/aromatic N) is 3. The van der Waals surface area contributed by atoms with Gasteiger partial charge in [-0.1, -0.05) is 33.6 Å². The van der Waals surface area contributed by atoms with Gasteiger partial charge in [0.05, 0.1) is 11.8 Å². The zero-order valence-corrected chi connectivity index (χ0v) is 16.1. The summed E-state index contributed by atoms with van der Waals surface area (Å²) in [7, 11) is 0. The van der Waals surface area contributed by atoms with Gasteiger partial charge in [0, 0.05) is 24.6 Å². The maximum atomic E-state index is 12.9. The first kappa shape index (κ1) is 17.8. The zero-order chi connectivity index (χ0) is 19.1. The second kappa shape index (κ2) is 6.87. The summed E-state index contributed by atoms with van der Waals surface area (Å²) in [5.41, 5.74) is 1.69. The highest BCUT2D eigenvalue weighted by Crippen LogP contribution is 2.29. The number of furan rings is 1. The predicted molar refractivity (Wildman–Crippen MR) is 103 cm³/mol. The first-order valence-electron chi connectivity index (χ1n) is 9.77. The molecule has 1 saturated carbocycles. The van der Waals surface area contributed by atoms with Crippen LogP contribution in [-0.2, 0) is 17.8 Å². The number of rotatable bonds is 4. The van der Waals surface area contributed by atoms with Crippen LogP contribution in [0.2, 0.25) is 0 Å². The summed E-state index contributed by atoms with van der Waals surface area (Å²) in [6.45, 7) is 6.34. The molecule has 1 amide bonds. The number of hydrogen-bond donors (Lipinski definition) is 1. The van der Waals surface area contributed by atoms with E-state index in [1.165, 1.54) is 11.1 Å². The van der Waals surface area contributed by atoms with Gasteiger partial charge in [0.25, 0.3) is 5.56 Å². The molecule has 1 aliphatic rings. The molecule has 0 bridgehead atoms. The van der Waals surface area contributed by atoms with Crippen molar-refractivity contribution in [2.45, 2.75) is 59.0 Å². The molecule has 0 aliphatic heterocycles. The van der Waals surface area contributed by atoms with Crippen molar-refractivity contribution in [3.63, 3.8) is 0 Å². The van der Waals surface area contributed by atoms with E-state index in [1.54, 1.807) is 12.3 Å². The van der Waals surface area contributed by atoms with Crippen LogP contribution in [0, 0.1) is 11.8 Å². The summed E-state index contributed by atoms with van der Waals surface area (Å²) in [6.07, 6.45) is 5.57. The lowest BCUT2D eigenvalue weighted by Crippen LogP contribution is -2.46. The van der Waals surface area contributed by atoms with Crippen molar-refractivity contribution in [1.29, 1.82) is 0 Å². The fraction of sp³-hybridized carbons (Fsp3) is 0.550. The highest BCUT2D eigenvalue weighted by Gasteiger charge is 2.28. The molecule has 0 spiro atoms. The molecule has 4 rings (SSSR count). The molecule has 3 aromatic rings. The number of carbonyl (C=O) groups is 1. The van der Waals surface area contributed by atoms with Crippen LogP contribution in [0.1, 0.15) is 45.9 Å². The lowest BCUT2D eigenvalue weighted by molar-refractivity contribution is -0.123. The Kier molecular flexibility index (Phi) is 4.53. The predicted octanol–water partition coefficient (Wildman–Crippen LogP) is 2.75. The number of aromatic nitrogens is 3. The Morgan fingerprint density at radius 1 is 1.33 bits per heavy atom. The van der Waals surface area contributed by atoms with E-state index in [2.05, 4.69) is 24.3 Å². The normalized spacial score (nSPS) is 23.1. The third-order valence-corrected chi connectivity index (χ3v) is 6.03. The van der Waals surface area contributed by atoms with Crippen molar-refractivity contribution >= 4 is 22.5 Å². The molecule has 3 heterocycles. The standard InChI is InChI=1S/C20H26N4O3/c1-4-18-22-23(11-19(25)21-14-7-5-6-12(2)13(14)3)20(26)16-10-17-15(24(16)18)8-9-27-17/h8-10,12-14H,4-7,11H2,1-3H3,(H,21,25). The molecule has 1 aliphatic carbocycles. The number of aryl methyl sites for hydroxylation is 1. The molecular formula is C20H26N4O3. The SMILES string of the molecule is CCc1nn(CC(=O)NC2CCCC(C)C2C)c(=O)c2cc3occc3n12. The molecule has 0 saturated heterocycles. The highest BCUT2D eigenvalue weighted by atomic mass is 16.3. The van der Waals surface area contributed by atoms with Gasteiger partial charge in [-0.2, -0.15) is 5.10 Å². The molecule has 3 atom stereocenters. The Labute approximate surface area is 157 Å². The van der Waals surface area contributed by atoms with E-state index >= 15 is 0 Å². The van der Waals surface area contributed by atoms with E-state index in [0.29, 0.717) is 29.4 Å². The maximum Gasteiger partial charge on any atom is 0.291 e. The summed E-state index contributed by atoms with van der Waals surface area (Å²) >= 11 is 0. The van der Waals surface area contributed by atoms with Crippen molar-refractivity contribution in [2.24, 2.45) is 11.8 Å². The molecule has 144 valence electrons. The van der Waals surface area contributed by atoms with Gasteiger partial charge in [-0.25, -0.2) is 4.68 Å². The van der Waals surface area contributed by atoms with Gasteiger partial charge in [-0.3, -0.25) is 14.0 Å². The lowest BCUT2D eigenvalue weighted by Gasteiger charge is -2.34. The van der Waals surface area contributed by atoms with Gasteiger partial charge in [0.15, 0.2) is 5.58 Å². The molecule has 3 aromatic heterocycles. The van der Waals surface area contributed by atoms with Crippen LogP contribution in [0.4, 0.5) is 0 Å². The number of amides is 1. The molecule has 7 nitrogen and oxygen atoms in total. The van der Waals surface area contributed by atoms with E-state index in [-0.39, 0.29) is 24.1 Å². The van der Waals surface area contributed by atoms with E-state index in [9.17, 15) is 9.59 Å². The topological polar surface area (TPSA) is 81.5 Å². The monoisotopic (exact) mass is 370 g/mol. The minimum atomic E-state index is -0.279. The molecule has 27 heavy (non-hydrogen) atoms. The second-order valence-corrected chi connectivity index (χ2v) is 7.71. The number of hydrogen-bond acceptors (Lipinski definition) is 4. The summed E-state index contributed by atoms with van der Waals surface area (Å²) in [5, 5.41) is 7.57. The third-order valence-electron chi connectivity index (χ3n) is 6.03. The molecular weight excluding hydrogens is 344 g/mol. The lowest BCUT2D eigenvalue weighted by atomic mass is 9.78. The van der Waals surface area contributed by atoms with Crippen LogP contribution >= 0.6 is 0 Å². The van der Waals surface area contributed by atoms with Crippen molar-refractivity contribution in [3.8, 4) is 0 Å². The molecule has 3 unspecified atom stereocenters. The van der Waals surface area contributed by atoms with Gasteiger partial charge < -0.3 is 9.73 Å². The summed E-state index contributed by atoms with van der Waals surface area (Å²) in [6, 6.07) is 3.71.